The van der Waals surface area contributed by atoms with E-state index in [0.717, 1.165) is 5.52 Å². The molecule has 0 saturated carbocycles. The number of aryl methyl sites for hydroxylation is 1. The van der Waals surface area contributed by atoms with E-state index in [1.54, 1.807) is 29.7 Å². The number of imidazole rings is 1. The first kappa shape index (κ1) is 16.9. The average Bonchev–Trinajstić information content (AvgIpc) is 3.15. The first-order chi connectivity index (χ1) is 12.1. The van der Waals surface area contributed by atoms with Crippen LogP contribution in [0.5, 0.6) is 0 Å². The summed E-state index contributed by atoms with van der Waals surface area (Å²) in [5.74, 6) is 0.486. The summed E-state index contributed by atoms with van der Waals surface area (Å²) in [6.07, 6.45) is 0. The standard InChI is InChI=1S/C16H19N5O4/c1-3-24-7-6-21-13-5-4-11(8-12(13)18-16(21)23)15(22)17-9-14-20-19-10(2)25-14/h4-5,8H,3,6-7,9H2,1-2H3,(H,17,22)(H,18,23). The Bertz CT molecular complexity index is 940. The molecular weight excluding hydrogens is 326 g/mol. The Morgan fingerprint density at radius 1 is 1.40 bits per heavy atom. The van der Waals surface area contributed by atoms with E-state index in [9.17, 15) is 9.59 Å². The van der Waals surface area contributed by atoms with Crippen LogP contribution in [0.3, 0.4) is 0 Å². The summed E-state index contributed by atoms with van der Waals surface area (Å²) in [5, 5.41) is 10.2. The lowest BCUT2D eigenvalue weighted by Crippen LogP contribution is -2.22. The number of rotatable bonds is 7. The normalized spacial score (nSPS) is 11.1. The molecular formula is C16H19N5O4. The molecule has 1 amide bonds. The maximum atomic E-state index is 12.3. The van der Waals surface area contributed by atoms with E-state index in [1.807, 2.05) is 6.92 Å². The number of nitrogens with one attached hydrogen (secondary N) is 2. The van der Waals surface area contributed by atoms with Gasteiger partial charge in [-0.05, 0) is 25.1 Å². The maximum Gasteiger partial charge on any atom is 0.326 e. The molecule has 0 aliphatic rings. The van der Waals surface area contributed by atoms with Crippen molar-refractivity contribution in [2.24, 2.45) is 0 Å². The lowest BCUT2D eigenvalue weighted by molar-refractivity contribution is 0.0947. The van der Waals surface area contributed by atoms with Crippen LogP contribution in [0.1, 0.15) is 29.1 Å². The van der Waals surface area contributed by atoms with Crippen molar-refractivity contribution in [1.82, 2.24) is 25.1 Å². The van der Waals surface area contributed by atoms with E-state index < -0.39 is 0 Å². The van der Waals surface area contributed by atoms with Crippen LogP contribution in [0.2, 0.25) is 0 Å². The minimum absolute atomic E-state index is 0.142. The number of H-pyrrole nitrogens is 1. The molecule has 9 nitrogen and oxygen atoms in total. The SMILES string of the molecule is CCOCCn1c(=O)[nH]c2cc(C(=O)NCc3nnc(C)o3)ccc21. The van der Waals surface area contributed by atoms with Crippen molar-refractivity contribution < 1.29 is 13.9 Å². The average molecular weight is 345 g/mol. The molecule has 2 aromatic heterocycles. The van der Waals surface area contributed by atoms with Gasteiger partial charge in [0.05, 0.1) is 30.7 Å². The molecule has 0 atom stereocenters. The Balaban J connectivity index is 1.74. The molecule has 1 aromatic carbocycles. The Morgan fingerprint density at radius 3 is 2.96 bits per heavy atom. The number of carbonyl (C=O) groups excluding carboxylic acids is 1. The molecule has 25 heavy (non-hydrogen) atoms. The molecule has 3 aromatic rings. The number of fused-ring (bicyclic) bond motifs is 1. The van der Waals surface area contributed by atoms with Gasteiger partial charge in [-0.3, -0.25) is 9.36 Å². The second-order valence-corrected chi connectivity index (χ2v) is 5.41. The van der Waals surface area contributed by atoms with Crippen molar-refractivity contribution in [1.29, 1.82) is 0 Å². The fourth-order valence-electron chi connectivity index (χ4n) is 2.49. The molecule has 0 radical (unpaired) electrons. The minimum Gasteiger partial charge on any atom is -0.424 e. The van der Waals surface area contributed by atoms with Crippen LogP contribution in [0, 0.1) is 6.92 Å². The molecule has 2 heterocycles. The first-order valence-electron chi connectivity index (χ1n) is 7.96. The van der Waals surface area contributed by atoms with Gasteiger partial charge in [0.1, 0.15) is 0 Å². The highest BCUT2D eigenvalue weighted by molar-refractivity contribution is 5.97. The number of ether oxygens (including phenoxy) is 1. The molecule has 0 unspecified atom stereocenters. The second kappa shape index (κ2) is 7.31. The van der Waals surface area contributed by atoms with Gasteiger partial charge in [-0.2, -0.15) is 0 Å². The Labute approximate surface area is 143 Å². The van der Waals surface area contributed by atoms with Gasteiger partial charge in [0, 0.05) is 19.1 Å². The zero-order chi connectivity index (χ0) is 17.8. The van der Waals surface area contributed by atoms with Gasteiger partial charge in [0.2, 0.25) is 11.8 Å². The van der Waals surface area contributed by atoms with Crippen LogP contribution in [-0.2, 0) is 17.8 Å². The number of benzene rings is 1. The molecule has 0 spiro atoms. The molecule has 0 bridgehead atoms. The van der Waals surface area contributed by atoms with E-state index in [4.69, 9.17) is 9.15 Å². The highest BCUT2D eigenvalue weighted by atomic mass is 16.5. The summed E-state index contributed by atoms with van der Waals surface area (Å²) < 4.78 is 12.1. The fourth-order valence-corrected chi connectivity index (χ4v) is 2.49. The van der Waals surface area contributed by atoms with Crippen molar-refractivity contribution >= 4 is 16.9 Å². The number of amides is 1. The van der Waals surface area contributed by atoms with E-state index in [2.05, 4.69) is 20.5 Å². The highest BCUT2D eigenvalue weighted by Gasteiger charge is 2.12. The van der Waals surface area contributed by atoms with E-state index in [1.165, 1.54) is 0 Å². The predicted molar refractivity (Wildman–Crippen MR) is 89.3 cm³/mol. The zero-order valence-electron chi connectivity index (χ0n) is 14.0. The van der Waals surface area contributed by atoms with Crippen molar-refractivity contribution in [2.75, 3.05) is 13.2 Å². The topological polar surface area (TPSA) is 115 Å². The Morgan fingerprint density at radius 2 is 2.24 bits per heavy atom. The van der Waals surface area contributed by atoms with Gasteiger partial charge in [-0.25, -0.2) is 4.79 Å². The van der Waals surface area contributed by atoms with Gasteiger partial charge in [0.15, 0.2) is 0 Å². The van der Waals surface area contributed by atoms with E-state index >= 15 is 0 Å². The highest BCUT2D eigenvalue weighted by Crippen LogP contribution is 2.13. The third-order valence-electron chi connectivity index (χ3n) is 3.67. The summed E-state index contributed by atoms with van der Waals surface area (Å²) in [6.45, 7) is 5.23. The number of hydrogen-bond donors (Lipinski definition) is 2. The van der Waals surface area contributed by atoms with Crippen molar-refractivity contribution in [2.45, 2.75) is 26.9 Å². The first-order valence-corrected chi connectivity index (χ1v) is 7.96. The summed E-state index contributed by atoms with van der Waals surface area (Å²) in [5.41, 5.74) is 1.53. The Kier molecular flexibility index (Phi) is 4.94. The summed E-state index contributed by atoms with van der Waals surface area (Å²) in [7, 11) is 0. The number of aromatic amines is 1. The zero-order valence-corrected chi connectivity index (χ0v) is 14.0. The van der Waals surface area contributed by atoms with Gasteiger partial charge in [-0.15, -0.1) is 10.2 Å². The van der Waals surface area contributed by atoms with Crippen LogP contribution in [0.15, 0.2) is 27.4 Å². The molecule has 0 fully saturated rings. The van der Waals surface area contributed by atoms with Gasteiger partial charge < -0.3 is 19.5 Å². The van der Waals surface area contributed by atoms with Crippen LogP contribution in [-0.4, -0.2) is 38.9 Å². The summed E-state index contributed by atoms with van der Waals surface area (Å²) in [4.78, 5) is 27.1. The van der Waals surface area contributed by atoms with Gasteiger partial charge in [-0.1, -0.05) is 0 Å². The smallest absolute Gasteiger partial charge is 0.326 e. The van der Waals surface area contributed by atoms with Gasteiger partial charge >= 0.3 is 5.69 Å². The maximum absolute atomic E-state index is 12.3. The molecule has 132 valence electrons. The number of aromatic nitrogens is 4. The lowest BCUT2D eigenvalue weighted by atomic mass is 10.2. The summed E-state index contributed by atoms with van der Waals surface area (Å²) >= 11 is 0. The largest absolute Gasteiger partial charge is 0.424 e. The monoisotopic (exact) mass is 345 g/mol. The second-order valence-electron chi connectivity index (χ2n) is 5.41. The molecule has 9 heteroatoms. The molecule has 0 saturated heterocycles. The molecule has 2 N–H and O–H groups in total. The predicted octanol–water partition coefficient (Wildman–Crippen LogP) is 0.988. The lowest BCUT2D eigenvalue weighted by Gasteiger charge is -2.05. The molecule has 0 aliphatic heterocycles. The van der Waals surface area contributed by atoms with Crippen LogP contribution >= 0.6 is 0 Å². The van der Waals surface area contributed by atoms with E-state index in [0.29, 0.717) is 42.6 Å². The van der Waals surface area contributed by atoms with Crippen molar-refractivity contribution in [3.05, 3.63) is 46.0 Å². The van der Waals surface area contributed by atoms with Crippen molar-refractivity contribution in [3.63, 3.8) is 0 Å². The number of nitrogens with zero attached hydrogens (tertiary/aromatic N) is 3. The van der Waals surface area contributed by atoms with Gasteiger partial charge in [0.25, 0.3) is 5.91 Å². The Hall–Kier alpha value is -2.94. The quantitative estimate of drug-likeness (QED) is 0.617. The number of carbonyl (C=O) groups is 1. The van der Waals surface area contributed by atoms with Crippen LogP contribution in [0.25, 0.3) is 11.0 Å². The number of hydrogen-bond acceptors (Lipinski definition) is 6. The minimum atomic E-state index is -0.291. The van der Waals surface area contributed by atoms with E-state index in [-0.39, 0.29) is 18.1 Å². The molecule has 0 aliphatic carbocycles. The third kappa shape index (κ3) is 3.77. The summed E-state index contributed by atoms with van der Waals surface area (Å²) in [6, 6.07) is 5.05. The molecule has 3 rings (SSSR count). The third-order valence-corrected chi connectivity index (χ3v) is 3.67. The van der Waals surface area contributed by atoms with Crippen LogP contribution < -0.4 is 11.0 Å². The van der Waals surface area contributed by atoms with Crippen molar-refractivity contribution in [3.8, 4) is 0 Å². The fraction of sp³-hybridized carbons (Fsp3) is 0.375. The van der Waals surface area contributed by atoms with Crippen LogP contribution in [0.4, 0.5) is 0 Å².